The molecule has 1 atom stereocenters. The highest BCUT2D eigenvalue weighted by molar-refractivity contribution is 5.68. The van der Waals surface area contributed by atoms with E-state index in [4.69, 9.17) is 0 Å². The van der Waals surface area contributed by atoms with Gasteiger partial charge in [0, 0.05) is 11.6 Å². The third kappa shape index (κ3) is 2.85. The molecule has 0 heterocycles. The highest BCUT2D eigenvalue weighted by Gasteiger charge is 2.10. The van der Waals surface area contributed by atoms with E-state index in [2.05, 4.69) is 24.4 Å². The van der Waals surface area contributed by atoms with E-state index in [-0.39, 0.29) is 5.82 Å². The number of hydrogen-bond donors (Lipinski definition) is 1. The summed E-state index contributed by atoms with van der Waals surface area (Å²) < 4.78 is 14.1. The summed E-state index contributed by atoms with van der Waals surface area (Å²) in [6, 6.07) is 12.0. The van der Waals surface area contributed by atoms with E-state index in [1.54, 1.807) is 6.07 Å². The molecular weight excluding hydrogens is 237 g/mol. The van der Waals surface area contributed by atoms with Crippen LogP contribution in [-0.2, 0) is 0 Å². The van der Waals surface area contributed by atoms with Gasteiger partial charge >= 0.3 is 0 Å². The predicted octanol–water partition coefficient (Wildman–Crippen LogP) is 4.39. The fourth-order valence-electron chi connectivity index (χ4n) is 2.39. The second-order valence-electron chi connectivity index (χ2n) is 5.07. The fourth-order valence-corrected chi connectivity index (χ4v) is 2.39. The van der Waals surface area contributed by atoms with Crippen LogP contribution in [0.5, 0.6) is 0 Å². The number of hydrogen-bond acceptors (Lipinski definition) is 1. The lowest BCUT2D eigenvalue weighted by atomic mass is 9.96. The van der Waals surface area contributed by atoms with Gasteiger partial charge in [-0.3, -0.25) is 0 Å². The second-order valence-corrected chi connectivity index (χ2v) is 5.07. The van der Waals surface area contributed by atoms with E-state index in [9.17, 15) is 4.39 Å². The Balaban J connectivity index is 2.43. The first-order valence-corrected chi connectivity index (χ1v) is 6.57. The molecule has 0 fully saturated rings. The van der Waals surface area contributed by atoms with Crippen LogP contribution in [0.3, 0.4) is 0 Å². The molecule has 1 nitrogen and oxygen atoms in total. The van der Waals surface area contributed by atoms with Crippen LogP contribution in [-0.4, -0.2) is 7.05 Å². The summed E-state index contributed by atoms with van der Waals surface area (Å²) in [6.07, 6.45) is 0. The van der Waals surface area contributed by atoms with Gasteiger partial charge in [0.1, 0.15) is 5.82 Å². The molecule has 1 N–H and O–H groups in total. The maximum Gasteiger partial charge on any atom is 0.131 e. The molecular formula is C17H20FN. The van der Waals surface area contributed by atoms with Crippen molar-refractivity contribution in [1.82, 2.24) is 5.32 Å². The zero-order chi connectivity index (χ0) is 14.0. The summed E-state index contributed by atoms with van der Waals surface area (Å²) in [5.74, 6) is -0.146. The van der Waals surface area contributed by atoms with E-state index < -0.39 is 0 Å². The van der Waals surface area contributed by atoms with Crippen LogP contribution in [0.1, 0.15) is 29.7 Å². The maximum atomic E-state index is 14.1. The van der Waals surface area contributed by atoms with Gasteiger partial charge < -0.3 is 5.32 Å². The van der Waals surface area contributed by atoms with Gasteiger partial charge in [-0.2, -0.15) is 0 Å². The van der Waals surface area contributed by atoms with Crippen molar-refractivity contribution in [3.63, 3.8) is 0 Å². The molecule has 0 radical (unpaired) electrons. The molecule has 0 aromatic heterocycles. The van der Waals surface area contributed by atoms with Gasteiger partial charge in [0.25, 0.3) is 0 Å². The maximum absolute atomic E-state index is 14.1. The fraction of sp³-hybridized carbons (Fsp3) is 0.294. The Kier molecular flexibility index (Phi) is 4.01. The summed E-state index contributed by atoms with van der Waals surface area (Å²) in [4.78, 5) is 0. The minimum atomic E-state index is -0.146. The molecule has 0 saturated carbocycles. The zero-order valence-electron chi connectivity index (χ0n) is 11.9. The first-order valence-electron chi connectivity index (χ1n) is 6.57. The summed E-state index contributed by atoms with van der Waals surface area (Å²) >= 11 is 0. The first-order chi connectivity index (χ1) is 9.02. The van der Waals surface area contributed by atoms with Crippen LogP contribution < -0.4 is 5.32 Å². The van der Waals surface area contributed by atoms with Crippen molar-refractivity contribution >= 4 is 0 Å². The van der Waals surface area contributed by atoms with Gasteiger partial charge in [-0.05, 0) is 56.1 Å². The lowest BCUT2D eigenvalue weighted by molar-refractivity contribution is 0.629. The quantitative estimate of drug-likeness (QED) is 0.860. The van der Waals surface area contributed by atoms with E-state index in [1.807, 2.05) is 39.1 Å². The van der Waals surface area contributed by atoms with Crippen LogP contribution in [0.4, 0.5) is 4.39 Å². The van der Waals surface area contributed by atoms with Crippen LogP contribution in [0, 0.1) is 19.7 Å². The summed E-state index contributed by atoms with van der Waals surface area (Å²) in [5.41, 5.74) is 4.78. The van der Waals surface area contributed by atoms with E-state index in [0.29, 0.717) is 11.6 Å². The Hall–Kier alpha value is -1.67. The van der Waals surface area contributed by atoms with Gasteiger partial charge in [0.2, 0.25) is 0 Å². The van der Waals surface area contributed by atoms with Gasteiger partial charge in [-0.15, -0.1) is 0 Å². The van der Waals surface area contributed by atoms with Crippen molar-refractivity contribution in [3.8, 4) is 11.1 Å². The second kappa shape index (κ2) is 5.54. The van der Waals surface area contributed by atoms with E-state index >= 15 is 0 Å². The number of nitrogens with one attached hydrogen (secondary N) is 1. The first kappa shape index (κ1) is 13.8. The average molecular weight is 257 g/mol. The largest absolute Gasteiger partial charge is 0.313 e. The molecule has 100 valence electrons. The van der Waals surface area contributed by atoms with Gasteiger partial charge in [-0.25, -0.2) is 4.39 Å². The zero-order valence-corrected chi connectivity index (χ0v) is 11.9. The van der Waals surface area contributed by atoms with Crippen molar-refractivity contribution in [2.45, 2.75) is 26.8 Å². The van der Waals surface area contributed by atoms with Crippen LogP contribution in [0.15, 0.2) is 36.4 Å². The predicted molar refractivity (Wildman–Crippen MR) is 78.8 cm³/mol. The minimum absolute atomic E-state index is 0.146. The molecule has 2 aromatic carbocycles. The standard InChI is InChI=1S/C17H20FN/c1-11-9-12(2)17(16(18)10-11)15-7-5-14(6-8-15)13(3)19-4/h5-10,13,19H,1-4H3. The van der Waals surface area contributed by atoms with Gasteiger partial charge in [0.05, 0.1) is 0 Å². The average Bonchev–Trinajstić information content (AvgIpc) is 2.37. The van der Waals surface area contributed by atoms with Crippen molar-refractivity contribution < 1.29 is 4.39 Å². The summed E-state index contributed by atoms with van der Waals surface area (Å²) in [7, 11) is 1.93. The number of halogens is 1. The summed E-state index contributed by atoms with van der Waals surface area (Å²) in [6.45, 7) is 5.97. The molecule has 0 bridgehead atoms. The highest BCUT2D eigenvalue weighted by atomic mass is 19.1. The number of aryl methyl sites for hydroxylation is 2. The lowest BCUT2D eigenvalue weighted by Gasteiger charge is -2.13. The Morgan fingerprint density at radius 1 is 1.05 bits per heavy atom. The van der Waals surface area contributed by atoms with Crippen LogP contribution in [0.2, 0.25) is 0 Å². The van der Waals surface area contributed by atoms with Gasteiger partial charge in [-0.1, -0.05) is 30.3 Å². The number of rotatable bonds is 3. The topological polar surface area (TPSA) is 12.0 Å². The Morgan fingerprint density at radius 2 is 1.68 bits per heavy atom. The lowest BCUT2D eigenvalue weighted by Crippen LogP contribution is -2.11. The molecule has 0 saturated heterocycles. The van der Waals surface area contributed by atoms with Crippen molar-refractivity contribution in [2.24, 2.45) is 0 Å². The number of benzene rings is 2. The van der Waals surface area contributed by atoms with Crippen LogP contribution in [0.25, 0.3) is 11.1 Å². The van der Waals surface area contributed by atoms with Crippen LogP contribution >= 0.6 is 0 Å². The summed E-state index contributed by atoms with van der Waals surface area (Å²) in [5, 5.41) is 3.20. The molecule has 2 rings (SSSR count). The van der Waals surface area contributed by atoms with E-state index in [1.165, 1.54) is 5.56 Å². The third-order valence-corrected chi connectivity index (χ3v) is 3.56. The molecule has 0 aliphatic heterocycles. The Bertz CT molecular complexity index is 549. The van der Waals surface area contributed by atoms with E-state index in [0.717, 1.165) is 16.7 Å². The third-order valence-electron chi connectivity index (χ3n) is 3.56. The molecule has 0 spiro atoms. The molecule has 0 aliphatic rings. The molecule has 19 heavy (non-hydrogen) atoms. The molecule has 0 amide bonds. The Labute approximate surface area is 114 Å². The normalized spacial score (nSPS) is 12.5. The highest BCUT2D eigenvalue weighted by Crippen LogP contribution is 2.28. The van der Waals surface area contributed by atoms with Crippen molar-refractivity contribution in [2.75, 3.05) is 7.05 Å². The molecule has 2 aromatic rings. The smallest absolute Gasteiger partial charge is 0.131 e. The molecule has 0 aliphatic carbocycles. The van der Waals surface area contributed by atoms with Crippen molar-refractivity contribution in [3.05, 3.63) is 58.9 Å². The minimum Gasteiger partial charge on any atom is -0.313 e. The van der Waals surface area contributed by atoms with Crippen molar-refractivity contribution in [1.29, 1.82) is 0 Å². The SMILES string of the molecule is CNC(C)c1ccc(-c2c(C)cc(C)cc2F)cc1. The van der Waals surface area contributed by atoms with Gasteiger partial charge in [0.15, 0.2) is 0 Å². The molecule has 1 unspecified atom stereocenters. The monoisotopic (exact) mass is 257 g/mol. The molecule has 2 heteroatoms. The Morgan fingerprint density at radius 3 is 2.21 bits per heavy atom.